The highest BCUT2D eigenvalue weighted by atomic mass is 16.4. The van der Waals surface area contributed by atoms with E-state index in [9.17, 15) is 0 Å². The molecule has 0 fully saturated rings. The normalized spacial score (nSPS) is 19.1. The van der Waals surface area contributed by atoms with E-state index in [0.717, 1.165) is 24.4 Å². The molecule has 0 amide bonds. The van der Waals surface area contributed by atoms with Gasteiger partial charge < -0.3 is 5.21 Å². The lowest BCUT2D eigenvalue weighted by Gasteiger charge is -2.32. The van der Waals surface area contributed by atoms with Crippen molar-refractivity contribution in [3.8, 4) is 0 Å². The Kier molecular flexibility index (Phi) is 2.97. The molecule has 0 bridgehead atoms. The predicted molar refractivity (Wildman–Crippen MR) is 65.0 cm³/mol. The second-order valence-corrected chi connectivity index (χ2v) is 4.71. The van der Waals surface area contributed by atoms with E-state index in [0.29, 0.717) is 6.04 Å². The Morgan fingerprint density at radius 3 is 2.69 bits per heavy atom. The van der Waals surface area contributed by atoms with Gasteiger partial charge in [0.15, 0.2) is 0 Å². The summed E-state index contributed by atoms with van der Waals surface area (Å²) >= 11 is 0. The van der Waals surface area contributed by atoms with Crippen molar-refractivity contribution in [3.63, 3.8) is 0 Å². The summed E-state index contributed by atoms with van der Waals surface area (Å²) in [5, 5.41) is 12.5. The van der Waals surface area contributed by atoms with Gasteiger partial charge in [-0.05, 0) is 32.4 Å². The van der Waals surface area contributed by atoms with Crippen molar-refractivity contribution in [1.29, 1.82) is 0 Å². The lowest BCUT2D eigenvalue weighted by molar-refractivity contribution is 0.233. The van der Waals surface area contributed by atoms with E-state index in [2.05, 4.69) is 49.0 Å². The fraction of sp³-hybridized carbons (Fsp3) is 0.462. The SMILES string of the molecule is Cc1ccc2c(c1)/C(=N/O)CN(C(C)C)C2. The topological polar surface area (TPSA) is 35.8 Å². The molecule has 1 aromatic carbocycles. The maximum Gasteiger partial charge on any atom is 0.101 e. The first-order valence-electron chi connectivity index (χ1n) is 5.66. The van der Waals surface area contributed by atoms with Crippen LogP contribution < -0.4 is 0 Å². The molecule has 0 saturated heterocycles. The van der Waals surface area contributed by atoms with Crippen LogP contribution in [0.3, 0.4) is 0 Å². The van der Waals surface area contributed by atoms with E-state index in [4.69, 9.17) is 5.21 Å². The van der Waals surface area contributed by atoms with E-state index in [1.807, 2.05) is 0 Å². The van der Waals surface area contributed by atoms with Crippen LogP contribution in [-0.4, -0.2) is 28.4 Å². The monoisotopic (exact) mass is 218 g/mol. The predicted octanol–water partition coefficient (Wildman–Crippen LogP) is 2.40. The minimum absolute atomic E-state index is 0.464. The number of nitrogens with zero attached hydrogens (tertiary/aromatic N) is 2. The molecular weight excluding hydrogens is 200 g/mol. The van der Waals surface area contributed by atoms with Gasteiger partial charge in [-0.25, -0.2) is 0 Å². The maximum atomic E-state index is 9.09. The van der Waals surface area contributed by atoms with E-state index < -0.39 is 0 Å². The molecule has 0 radical (unpaired) electrons. The number of hydrogen-bond acceptors (Lipinski definition) is 3. The Morgan fingerprint density at radius 1 is 1.31 bits per heavy atom. The number of fused-ring (bicyclic) bond motifs is 1. The van der Waals surface area contributed by atoms with Crippen molar-refractivity contribution in [1.82, 2.24) is 4.90 Å². The van der Waals surface area contributed by atoms with Crippen molar-refractivity contribution in [2.24, 2.45) is 5.16 Å². The van der Waals surface area contributed by atoms with Crippen LogP contribution in [0.4, 0.5) is 0 Å². The third kappa shape index (κ3) is 1.95. The zero-order valence-electron chi connectivity index (χ0n) is 10.1. The second-order valence-electron chi connectivity index (χ2n) is 4.71. The molecule has 1 heterocycles. The number of benzene rings is 1. The number of aryl methyl sites for hydroxylation is 1. The quantitative estimate of drug-likeness (QED) is 0.580. The van der Waals surface area contributed by atoms with Crippen LogP contribution in [-0.2, 0) is 6.54 Å². The molecular formula is C13H18N2O. The molecule has 1 aliphatic heterocycles. The molecule has 0 unspecified atom stereocenters. The van der Waals surface area contributed by atoms with Gasteiger partial charge in [-0.2, -0.15) is 0 Å². The lowest BCUT2D eigenvalue weighted by atomic mass is 9.95. The molecule has 2 rings (SSSR count). The maximum absolute atomic E-state index is 9.09. The van der Waals surface area contributed by atoms with Crippen LogP contribution in [0.15, 0.2) is 23.4 Å². The first kappa shape index (κ1) is 11.1. The molecule has 1 N–H and O–H groups in total. The summed E-state index contributed by atoms with van der Waals surface area (Å²) in [5.41, 5.74) is 4.33. The minimum Gasteiger partial charge on any atom is -0.411 e. The zero-order chi connectivity index (χ0) is 11.7. The Balaban J connectivity index is 2.42. The number of oxime groups is 1. The summed E-state index contributed by atoms with van der Waals surface area (Å²) in [6, 6.07) is 6.80. The van der Waals surface area contributed by atoms with Gasteiger partial charge in [0.2, 0.25) is 0 Å². The average Bonchev–Trinajstić information content (AvgIpc) is 2.27. The standard InChI is InChI=1S/C13H18N2O/c1-9(2)15-7-11-5-4-10(3)6-12(11)13(8-15)14-16/h4-6,9,16H,7-8H2,1-3H3/b14-13+. The van der Waals surface area contributed by atoms with Crippen molar-refractivity contribution in [3.05, 3.63) is 34.9 Å². The molecule has 0 atom stereocenters. The van der Waals surface area contributed by atoms with Gasteiger partial charge in [0.25, 0.3) is 0 Å². The van der Waals surface area contributed by atoms with Crippen LogP contribution in [0.25, 0.3) is 0 Å². The van der Waals surface area contributed by atoms with Crippen LogP contribution in [0, 0.1) is 6.92 Å². The highest BCUT2D eigenvalue weighted by molar-refractivity contribution is 6.03. The van der Waals surface area contributed by atoms with E-state index >= 15 is 0 Å². The second kappa shape index (κ2) is 4.26. The van der Waals surface area contributed by atoms with Gasteiger partial charge in [-0.1, -0.05) is 22.9 Å². The van der Waals surface area contributed by atoms with Crippen molar-refractivity contribution >= 4 is 5.71 Å². The third-order valence-electron chi connectivity index (χ3n) is 3.15. The summed E-state index contributed by atoms with van der Waals surface area (Å²) in [5.74, 6) is 0. The summed E-state index contributed by atoms with van der Waals surface area (Å²) in [4.78, 5) is 2.30. The van der Waals surface area contributed by atoms with Gasteiger partial charge in [-0.15, -0.1) is 0 Å². The molecule has 1 aromatic rings. The van der Waals surface area contributed by atoms with Gasteiger partial charge in [0, 0.05) is 24.7 Å². The highest BCUT2D eigenvalue weighted by Gasteiger charge is 2.23. The van der Waals surface area contributed by atoms with Gasteiger partial charge in [0.1, 0.15) is 5.71 Å². The average molecular weight is 218 g/mol. The smallest absolute Gasteiger partial charge is 0.101 e. The summed E-state index contributed by atoms with van der Waals surface area (Å²) in [7, 11) is 0. The molecule has 0 aromatic heterocycles. The molecule has 1 aliphatic rings. The minimum atomic E-state index is 0.464. The molecule has 16 heavy (non-hydrogen) atoms. The van der Waals surface area contributed by atoms with Gasteiger partial charge in [-0.3, -0.25) is 4.90 Å². The Hall–Kier alpha value is -1.35. The Bertz CT molecular complexity index is 424. The Morgan fingerprint density at radius 2 is 2.06 bits per heavy atom. The van der Waals surface area contributed by atoms with Crippen molar-refractivity contribution in [2.45, 2.75) is 33.4 Å². The van der Waals surface area contributed by atoms with Crippen LogP contribution in [0.5, 0.6) is 0 Å². The summed E-state index contributed by atoms with van der Waals surface area (Å²) in [6.45, 7) is 8.05. The number of hydrogen-bond donors (Lipinski definition) is 1. The van der Waals surface area contributed by atoms with Gasteiger partial charge in [0.05, 0.1) is 0 Å². The van der Waals surface area contributed by atoms with E-state index in [1.54, 1.807) is 0 Å². The number of rotatable bonds is 1. The zero-order valence-corrected chi connectivity index (χ0v) is 10.1. The third-order valence-corrected chi connectivity index (χ3v) is 3.15. The fourth-order valence-electron chi connectivity index (χ4n) is 2.10. The first-order chi connectivity index (χ1) is 7.61. The fourth-order valence-corrected chi connectivity index (χ4v) is 2.10. The molecule has 3 heteroatoms. The van der Waals surface area contributed by atoms with E-state index in [-0.39, 0.29) is 0 Å². The molecule has 0 saturated carbocycles. The molecule has 3 nitrogen and oxygen atoms in total. The largest absolute Gasteiger partial charge is 0.411 e. The van der Waals surface area contributed by atoms with E-state index in [1.165, 1.54) is 11.1 Å². The van der Waals surface area contributed by atoms with Crippen molar-refractivity contribution in [2.75, 3.05) is 6.54 Å². The van der Waals surface area contributed by atoms with Crippen LogP contribution in [0.1, 0.15) is 30.5 Å². The summed E-state index contributed by atoms with van der Waals surface area (Å²) < 4.78 is 0. The molecule has 0 spiro atoms. The molecule has 0 aliphatic carbocycles. The van der Waals surface area contributed by atoms with Crippen molar-refractivity contribution < 1.29 is 5.21 Å². The highest BCUT2D eigenvalue weighted by Crippen LogP contribution is 2.22. The lowest BCUT2D eigenvalue weighted by Crippen LogP contribution is -2.39. The Labute approximate surface area is 96.4 Å². The van der Waals surface area contributed by atoms with Crippen LogP contribution in [0.2, 0.25) is 0 Å². The molecule has 86 valence electrons. The summed E-state index contributed by atoms with van der Waals surface area (Å²) in [6.07, 6.45) is 0. The van der Waals surface area contributed by atoms with Gasteiger partial charge >= 0.3 is 0 Å². The van der Waals surface area contributed by atoms with Crippen LogP contribution >= 0.6 is 0 Å². The first-order valence-corrected chi connectivity index (χ1v) is 5.66.